The van der Waals surface area contributed by atoms with Crippen LogP contribution in [0.2, 0.25) is 5.02 Å². The average molecular weight is 515 g/mol. The molecular formula is C25H24ClFN4O5. The number of methoxy groups -OCH3 is 1. The van der Waals surface area contributed by atoms with Crippen molar-refractivity contribution in [3.63, 3.8) is 0 Å². The first kappa shape index (κ1) is 23.5. The predicted molar refractivity (Wildman–Crippen MR) is 129 cm³/mol. The Labute approximate surface area is 211 Å². The number of aliphatic hydroxyl groups is 1. The van der Waals surface area contributed by atoms with Crippen LogP contribution in [0.5, 0.6) is 6.01 Å². The molecule has 3 N–H and O–H groups in total. The van der Waals surface area contributed by atoms with Gasteiger partial charge in [0.1, 0.15) is 36.6 Å². The summed E-state index contributed by atoms with van der Waals surface area (Å²) in [6, 6.07) is 5.04. The van der Waals surface area contributed by atoms with Crippen LogP contribution in [0.1, 0.15) is 29.2 Å². The SMILES string of the molecule is COCC#Cc1cc(F)c2c(c1)CC[C@@H]2Nc1nc2nc(O[C@@H]3CO[C@H]4[C@@H]3OC[C@H]4O)[nH]c2cc1Cl. The summed E-state index contributed by atoms with van der Waals surface area (Å²) < 4.78 is 37.1. The summed E-state index contributed by atoms with van der Waals surface area (Å²) in [5.41, 5.74) is 3.15. The van der Waals surface area contributed by atoms with E-state index in [1.165, 1.54) is 6.07 Å². The van der Waals surface area contributed by atoms with Gasteiger partial charge in [-0.15, -0.1) is 0 Å². The van der Waals surface area contributed by atoms with Crippen LogP contribution in [0.4, 0.5) is 10.2 Å². The molecule has 1 aliphatic carbocycles. The van der Waals surface area contributed by atoms with Gasteiger partial charge in [-0.25, -0.2) is 9.37 Å². The molecule has 5 atom stereocenters. The summed E-state index contributed by atoms with van der Waals surface area (Å²) in [4.78, 5) is 12.1. The Morgan fingerprint density at radius 1 is 1.25 bits per heavy atom. The zero-order valence-electron chi connectivity index (χ0n) is 19.4. The minimum Gasteiger partial charge on any atom is -0.456 e. The lowest BCUT2D eigenvalue weighted by Gasteiger charge is -2.16. The summed E-state index contributed by atoms with van der Waals surface area (Å²) in [5.74, 6) is 5.89. The Bertz CT molecular complexity index is 1370. The van der Waals surface area contributed by atoms with E-state index in [-0.39, 0.29) is 37.2 Å². The monoisotopic (exact) mass is 514 g/mol. The standard InChI is InChI=1S/C25H24ClFN4O5/c1-33-6-2-3-12-7-13-4-5-16(20(13)15(27)8-12)28-23-14(26)9-17-24(30-23)31-25(29-17)36-19-11-35-21-18(32)10-34-22(19)21/h7-9,16,18-19,21-22,32H,4-6,10-11H2,1H3,(H2,28,29,30,31)/t16-,18+,19+,21+,22+/m0/s1. The number of pyridine rings is 1. The first-order valence-corrected chi connectivity index (χ1v) is 12.1. The second kappa shape index (κ2) is 9.50. The van der Waals surface area contributed by atoms with Gasteiger partial charge in [-0.3, -0.25) is 0 Å². The highest BCUT2D eigenvalue weighted by Gasteiger charge is 2.48. The Hall–Kier alpha value is -2.94. The summed E-state index contributed by atoms with van der Waals surface area (Å²) in [7, 11) is 1.57. The molecule has 9 nitrogen and oxygen atoms in total. The maximum atomic E-state index is 15.0. The number of nitrogens with zero attached hydrogens (tertiary/aromatic N) is 2. The summed E-state index contributed by atoms with van der Waals surface area (Å²) in [6.07, 6.45) is -0.400. The number of aromatic amines is 1. The number of nitrogens with one attached hydrogen (secondary N) is 2. The number of imidazole rings is 1. The predicted octanol–water partition coefficient (Wildman–Crippen LogP) is 2.75. The Morgan fingerprint density at radius 3 is 2.97 bits per heavy atom. The topological polar surface area (TPSA) is 111 Å². The first-order chi connectivity index (χ1) is 17.5. The van der Waals surface area contributed by atoms with Crippen molar-refractivity contribution in [1.29, 1.82) is 0 Å². The minimum atomic E-state index is -0.658. The second-order valence-electron chi connectivity index (χ2n) is 9.05. The van der Waals surface area contributed by atoms with Gasteiger partial charge in [0.2, 0.25) is 0 Å². The van der Waals surface area contributed by atoms with Crippen LogP contribution in [-0.4, -0.2) is 71.4 Å². The number of aliphatic hydroxyl groups excluding tert-OH is 1. The third-order valence-corrected chi connectivity index (χ3v) is 6.96. The zero-order valence-corrected chi connectivity index (χ0v) is 20.1. The van der Waals surface area contributed by atoms with Crippen LogP contribution in [0.3, 0.4) is 0 Å². The van der Waals surface area contributed by atoms with E-state index in [9.17, 15) is 5.11 Å². The van der Waals surface area contributed by atoms with Gasteiger partial charge < -0.3 is 34.4 Å². The molecule has 3 aliphatic rings. The Morgan fingerprint density at radius 2 is 2.11 bits per heavy atom. The molecule has 2 aromatic heterocycles. The molecule has 2 fully saturated rings. The van der Waals surface area contributed by atoms with E-state index in [0.717, 1.165) is 5.56 Å². The Kier molecular flexibility index (Phi) is 6.19. The maximum Gasteiger partial charge on any atom is 0.296 e. The van der Waals surface area contributed by atoms with Gasteiger partial charge in [0.15, 0.2) is 11.8 Å². The van der Waals surface area contributed by atoms with Crippen LogP contribution >= 0.6 is 11.6 Å². The number of hydrogen-bond acceptors (Lipinski definition) is 8. The van der Waals surface area contributed by atoms with Crippen LogP contribution in [0.25, 0.3) is 11.2 Å². The van der Waals surface area contributed by atoms with E-state index >= 15 is 4.39 Å². The van der Waals surface area contributed by atoms with Gasteiger partial charge in [0.25, 0.3) is 6.01 Å². The number of aromatic nitrogens is 3. The van der Waals surface area contributed by atoms with E-state index in [1.807, 2.05) is 6.07 Å². The van der Waals surface area contributed by atoms with E-state index in [4.69, 9.17) is 30.5 Å². The molecule has 0 saturated carbocycles. The van der Waals surface area contributed by atoms with Crippen molar-refractivity contribution in [2.45, 2.75) is 43.3 Å². The van der Waals surface area contributed by atoms with Crippen LogP contribution in [-0.2, 0) is 20.6 Å². The molecule has 0 bridgehead atoms. The number of benzene rings is 1. The fraction of sp³-hybridized carbons (Fsp3) is 0.440. The lowest BCUT2D eigenvalue weighted by Crippen LogP contribution is -2.34. The number of H-pyrrole nitrogens is 1. The van der Waals surface area contributed by atoms with Crippen molar-refractivity contribution < 1.29 is 28.4 Å². The quantitative estimate of drug-likeness (QED) is 0.446. The molecule has 2 aliphatic heterocycles. The third kappa shape index (κ3) is 4.27. The molecule has 0 unspecified atom stereocenters. The molecule has 1 aromatic carbocycles. The average Bonchev–Trinajstić information content (AvgIpc) is 3.61. The molecule has 4 heterocycles. The summed E-state index contributed by atoms with van der Waals surface area (Å²) >= 11 is 6.51. The zero-order chi connectivity index (χ0) is 24.8. The van der Waals surface area contributed by atoms with Crippen molar-refractivity contribution in [3.05, 3.63) is 45.7 Å². The summed E-state index contributed by atoms with van der Waals surface area (Å²) in [5, 5.41) is 13.6. The van der Waals surface area contributed by atoms with Crippen LogP contribution in [0.15, 0.2) is 18.2 Å². The molecular weight excluding hydrogens is 491 g/mol. The number of aryl methyl sites for hydroxylation is 1. The molecule has 0 amide bonds. The van der Waals surface area contributed by atoms with Crippen molar-refractivity contribution in [2.75, 3.05) is 32.2 Å². The first-order valence-electron chi connectivity index (χ1n) is 11.7. The molecule has 0 spiro atoms. The van der Waals surface area contributed by atoms with E-state index in [1.54, 1.807) is 13.2 Å². The van der Waals surface area contributed by atoms with Crippen molar-refractivity contribution in [2.24, 2.45) is 0 Å². The second-order valence-corrected chi connectivity index (χ2v) is 9.46. The molecule has 188 valence electrons. The minimum absolute atomic E-state index is 0.217. The highest BCUT2D eigenvalue weighted by Crippen LogP contribution is 2.38. The highest BCUT2D eigenvalue weighted by molar-refractivity contribution is 6.33. The van der Waals surface area contributed by atoms with Gasteiger partial charge in [0.05, 0.1) is 29.8 Å². The largest absolute Gasteiger partial charge is 0.456 e. The molecule has 0 radical (unpaired) electrons. The number of anilines is 1. The third-order valence-electron chi connectivity index (χ3n) is 6.68. The fourth-order valence-corrected chi connectivity index (χ4v) is 5.25. The van der Waals surface area contributed by atoms with E-state index in [0.29, 0.717) is 52.6 Å². The van der Waals surface area contributed by atoms with Crippen molar-refractivity contribution in [1.82, 2.24) is 15.0 Å². The number of hydrogen-bond donors (Lipinski definition) is 3. The number of fused-ring (bicyclic) bond motifs is 3. The number of rotatable bonds is 5. The number of halogens is 2. The maximum absolute atomic E-state index is 15.0. The molecule has 2 saturated heterocycles. The Balaban J connectivity index is 1.20. The van der Waals surface area contributed by atoms with Gasteiger partial charge >= 0.3 is 0 Å². The fourth-order valence-electron chi connectivity index (χ4n) is 5.05. The molecule has 6 rings (SSSR count). The smallest absolute Gasteiger partial charge is 0.296 e. The molecule has 3 aromatic rings. The highest BCUT2D eigenvalue weighted by atomic mass is 35.5. The van der Waals surface area contributed by atoms with Gasteiger partial charge in [-0.2, -0.15) is 4.98 Å². The van der Waals surface area contributed by atoms with Gasteiger partial charge in [0, 0.05) is 18.2 Å². The van der Waals surface area contributed by atoms with Crippen molar-refractivity contribution in [3.8, 4) is 17.9 Å². The molecule has 11 heteroatoms. The lowest BCUT2D eigenvalue weighted by atomic mass is 10.0. The molecule has 36 heavy (non-hydrogen) atoms. The number of ether oxygens (including phenoxy) is 4. The normalized spacial score (nSPS) is 26.5. The van der Waals surface area contributed by atoms with E-state index in [2.05, 4.69) is 32.1 Å². The summed E-state index contributed by atoms with van der Waals surface area (Å²) in [6.45, 7) is 0.799. The lowest BCUT2D eigenvalue weighted by molar-refractivity contribution is 0.00706. The van der Waals surface area contributed by atoms with Gasteiger partial charge in [-0.1, -0.05) is 23.4 Å². The van der Waals surface area contributed by atoms with E-state index < -0.39 is 18.3 Å². The van der Waals surface area contributed by atoms with Crippen LogP contribution in [0, 0.1) is 17.7 Å². The van der Waals surface area contributed by atoms with Crippen molar-refractivity contribution >= 4 is 28.6 Å². The van der Waals surface area contributed by atoms with Crippen LogP contribution < -0.4 is 10.1 Å². The van der Waals surface area contributed by atoms with Gasteiger partial charge in [-0.05, 0) is 36.6 Å².